The van der Waals surface area contributed by atoms with E-state index in [1.165, 1.54) is 32.4 Å². The minimum absolute atomic E-state index is 0.0505. The fraction of sp³-hybridized carbons (Fsp3) is 0.190. The second-order valence-electron chi connectivity index (χ2n) is 6.53. The second kappa shape index (κ2) is 9.16. The Hall–Kier alpha value is -4.08. The van der Waals surface area contributed by atoms with Gasteiger partial charge in [0.25, 0.3) is 11.5 Å². The summed E-state index contributed by atoms with van der Waals surface area (Å²) in [5, 5.41) is 14.4. The van der Waals surface area contributed by atoms with Crippen molar-refractivity contribution in [2.75, 3.05) is 14.2 Å². The summed E-state index contributed by atoms with van der Waals surface area (Å²) >= 11 is 0. The van der Waals surface area contributed by atoms with Crippen LogP contribution in [0.1, 0.15) is 28.5 Å². The van der Waals surface area contributed by atoms with Gasteiger partial charge in [0, 0.05) is 17.7 Å². The van der Waals surface area contributed by atoms with Crippen molar-refractivity contribution >= 4 is 11.9 Å². The minimum atomic E-state index is -1.15. The number of carboxylic acids is 1. The zero-order valence-electron chi connectivity index (χ0n) is 16.7. The highest BCUT2D eigenvalue weighted by Crippen LogP contribution is 2.31. The quantitative estimate of drug-likeness (QED) is 0.505. The van der Waals surface area contributed by atoms with Gasteiger partial charge in [-0.25, -0.2) is 9.07 Å². The summed E-state index contributed by atoms with van der Waals surface area (Å²) in [6.45, 7) is 0. The lowest BCUT2D eigenvalue weighted by molar-refractivity contribution is -0.137. The molecule has 31 heavy (non-hydrogen) atoms. The summed E-state index contributed by atoms with van der Waals surface area (Å²) in [5.41, 5.74) is -0.441. The van der Waals surface area contributed by atoms with Crippen molar-refractivity contribution in [3.05, 3.63) is 76.0 Å². The summed E-state index contributed by atoms with van der Waals surface area (Å²) in [5.74, 6) is -1.72. The van der Waals surface area contributed by atoms with Crippen LogP contribution in [-0.2, 0) is 4.79 Å². The number of nitrogens with zero attached hydrogens (tertiary/aromatic N) is 1. The number of aliphatic carboxylic acids is 1. The SMILES string of the molecule is COc1ccc(C(CC(=O)O)NC(=O)c2cc(=O)n(-c3ccccc3F)[nH]2)c(OC)c1. The summed E-state index contributed by atoms with van der Waals surface area (Å²) in [7, 11) is 2.88. The van der Waals surface area contributed by atoms with E-state index < -0.39 is 35.7 Å². The summed E-state index contributed by atoms with van der Waals surface area (Å²) in [6, 6.07) is 10.4. The van der Waals surface area contributed by atoms with Gasteiger partial charge in [0.2, 0.25) is 0 Å². The molecule has 1 heterocycles. The first kappa shape index (κ1) is 21.6. The van der Waals surface area contributed by atoms with Crippen LogP contribution in [0.25, 0.3) is 5.69 Å². The number of carbonyl (C=O) groups is 2. The number of halogens is 1. The van der Waals surface area contributed by atoms with Gasteiger partial charge in [-0.3, -0.25) is 19.5 Å². The van der Waals surface area contributed by atoms with Gasteiger partial charge < -0.3 is 19.9 Å². The molecule has 1 atom stereocenters. The summed E-state index contributed by atoms with van der Waals surface area (Å²) in [6.07, 6.45) is -0.438. The number of para-hydroxylation sites is 1. The molecule has 0 aliphatic rings. The topological polar surface area (TPSA) is 123 Å². The van der Waals surface area contributed by atoms with Crippen molar-refractivity contribution in [3.63, 3.8) is 0 Å². The first-order valence-electron chi connectivity index (χ1n) is 9.15. The van der Waals surface area contributed by atoms with Crippen LogP contribution in [-0.4, -0.2) is 41.0 Å². The standard InChI is InChI=1S/C21H20FN3O6/c1-30-12-7-8-13(18(9-12)31-2)15(11-20(27)28)23-21(29)16-10-19(26)25(24-16)17-6-4-3-5-14(17)22/h3-10,15,24H,11H2,1-2H3,(H,23,29)(H,27,28). The molecule has 0 saturated heterocycles. The Morgan fingerprint density at radius 2 is 1.90 bits per heavy atom. The van der Waals surface area contributed by atoms with Crippen molar-refractivity contribution in [1.29, 1.82) is 0 Å². The van der Waals surface area contributed by atoms with E-state index in [1.54, 1.807) is 24.3 Å². The molecule has 9 nitrogen and oxygen atoms in total. The molecule has 0 aliphatic heterocycles. The Balaban J connectivity index is 1.92. The molecule has 0 fully saturated rings. The van der Waals surface area contributed by atoms with Gasteiger partial charge in [0.05, 0.1) is 26.7 Å². The van der Waals surface area contributed by atoms with Gasteiger partial charge >= 0.3 is 5.97 Å². The van der Waals surface area contributed by atoms with Crippen LogP contribution in [0.5, 0.6) is 11.5 Å². The number of carbonyl (C=O) groups excluding carboxylic acids is 1. The van der Waals surface area contributed by atoms with E-state index in [4.69, 9.17) is 9.47 Å². The first-order chi connectivity index (χ1) is 14.8. The van der Waals surface area contributed by atoms with E-state index in [0.29, 0.717) is 17.1 Å². The number of H-pyrrole nitrogens is 1. The van der Waals surface area contributed by atoms with Crippen LogP contribution < -0.4 is 20.3 Å². The number of hydrogen-bond acceptors (Lipinski definition) is 5. The van der Waals surface area contributed by atoms with Crippen LogP contribution in [0.4, 0.5) is 4.39 Å². The van der Waals surface area contributed by atoms with Crippen molar-refractivity contribution in [1.82, 2.24) is 15.1 Å². The van der Waals surface area contributed by atoms with Gasteiger partial charge in [0.1, 0.15) is 28.7 Å². The predicted octanol–water partition coefficient (Wildman–Crippen LogP) is 2.27. The summed E-state index contributed by atoms with van der Waals surface area (Å²) < 4.78 is 25.3. The maximum absolute atomic E-state index is 14.0. The normalized spacial score (nSPS) is 11.6. The number of rotatable bonds is 8. The number of aromatic amines is 1. The Morgan fingerprint density at radius 1 is 1.16 bits per heavy atom. The predicted molar refractivity (Wildman–Crippen MR) is 108 cm³/mol. The highest BCUT2D eigenvalue weighted by atomic mass is 19.1. The molecule has 1 unspecified atom stereocenters. The van der Waals surface area contributed by atoms with Gasteiger partial charge in [-0.05, 0) is 24.3 Å². The molecule has 3 rings (SSSR count). The molecule has 0 aliphatic carbocycles. The fourth-order valence-corrected chi connectivity index (χ4v) is 3.08. The van der Waals surface area contributed by atoms with Crippen LogP contribution in [0.3, 0.4) is 0 Å². The van der Waals surface area contributed by atoms with Gasteiger partial charge in [-0.2, -0.15) is 0 Å². The van der Waals surface area contributed by atoms with Crippen LogP contribution in [0, 0.1) is 5.82 Å². The number of benzene rings is 2. The lowest BCUT2D eigenvalue weighted by atomic mass is 10.0. The van der Waals surface area contributed by atoms with E-state index in [-0.39, 0.29) is 11.4 Å². The number of methoxy groups -OCH3 is 2. The van der Waals surface area contributed by atoms with Crippen LogP contribution in [0.15, 0.2) is 53.3 Å². The molecule has 1 aromatic heterocycles. The molecule has 0 bridgehead atoms. The van der Waals surface area contributed by atoms with Gasteiger partial charge in [-0.15, -0.1) is 0 Å². The molecule has 162 valence electrons. The molecule has 10 heteroatoms. The zero-order chi connectivity index (χ0) is 22.5. The molecule has 1 amide bonds. The second-order valence-corrected chi connectivity index (χ2v) is 6.53. The number of nitrogens with one attached hydrogen (secondary N) is 2. The van der Waals surface area contributed by atoms with Crippen molar-refractivity contribution < 1.29 is 28.6 Å². The lowest BCUT2D eigenvalue weighted by Crippen LogP contribution is -2.31. The van der Waals surface area contributed by atoms with E-state index in [2.05, 4.69) is 10.4 Å². The van der Waals surface area contributed by atoms with E-state index >= 15 is 0 Å². The third kappa shape index (κ3) is 4.74. The number of aromatic nitrogens is 2. The fourth-order valence-electron chi connectivity index (χ4n) is 3.08. The molecular weight excluding hydrogens is 409 g/mol. The Morgan fingerprint density at radius 3 is 2.55 bits per heavy atom. The Labute approximate surface area is 176 Å². The molecule has 0 spiro atoms. The largest absolute Gasteiger partial charge is 0.497 e. The number of carboxylic acid groups (broad SMARTS) is 1. The highest BCUT2D eigenvalue weighted by molar-refractivity contribution is 5.92. The van der Waals surface area contributed by atoms with Crippen LogP contribution >= 0.6 is 0 Å². The Kier molecular flexibility index (Phi) is 6.39. The smallest absolute Gasteiger partial charge is 0.305 e. The van der Waals surface area contributed by atoms with Crippen molar-refractivity contribution in [2.24, 2.45) is 0 Å². The average molecular weight is 429 g/mol. The third-order valence-electron chi connectivity index (χ3n) is 4.56. The monoisotopic (exact) mass is 429 g/mol. The molecule has 0 radical (unpaired) electrons. The molecule has 2 aromatic carbocycles. The number of ether oxygens (including phenoxy) is 2. The van der Waals surface area contributed by atoms with E-state index in [9.17, 15) is 23.9 Å². The maximum atomic E-state index is 14.0. The van der Waals surface area contributed by atoms with E-state index in [0.717, 1.165) is 10.7 Å². The third-order valence-corrected chi connectivity index (χ3v) is 4.56. The zero-order valence-corrected chi connectivity index (χ0v) is 16.7. The highest BCUT2D eigenvalue weighted by Gasteiger charge is 2.24. The molecule has 3 aromatic rings. The average Bonchev–Trinajstić information content (AvgIpc) is 3.14. The number of hydrogen-bond donors (Lipinski definition) is 3. The van der Waals surface area contributed by atoms with Crippen molar-refractivity contribution in [2.45, 2.75) is 12.5 Å². The minimum Gasteiger partial charge on any atom is -0.497 e. The van der Waals surface area contributed by atoms with Gasteiger partial charge in [-0.1, -0.05) is 12.1 Å². The molecule has 0 saturated carbocycles. The lowest BCUT2D eigenvalue weighted by Gasteiger charge is -2.20. The number of amides is 1. The molecular formula is C21H20FN3O6. The van der Waals surface area contributed by atoms with Crippen LogP contribution in [0.2, 0.25) is 0 Å². The Bertz CT molecular complexity index is 1170. The maximum Gasteiger partial charge on any atom is 0.305 e. The first-order valence-corrected chi connectivity index (χ1v) is 9.15. The van der Waals surface area contributed by atoms with Crippen molar-refractivity contribution in [3.8, 4) is 17.2 Å². The van der Waals surface area contributed by atoms with E-state index in [1.807, 2.05) is 0 Å². The van der Waals surface area contributed by atoms with Gasteiger partial charge in [0.15, 0.2) is 0 Å². The molecule has 3 N–H and O–H groups in total. The summed E-state index contributed by atoms with van der Waals surface area (Å²) in [4.78, 5) is 36.4.